The second-order valence-corrected chi connectivity index (χ2v) is 4.35. The fourth-order valence-electron chi connectivity index (χ4n) is 1.46. The highest BCUT2D eigenvalue weighted by atomic mass is 35.5. The van der Waals surface area contributed by atoms with E-state index in [0.717, 1.165) is 6.07 Å². The van der Waals surface area contributed by atoms with Crippen molar-refractivity contribution in [3.63, 3.8) is 0 Å². The molecule has 0 aliphatic heterocycles. The van der Waals surface area contributed by atoms with Crippen LogP contribution in [0.1, 0.15) is 29.3 Å². The number of carbonyl (C=O) groups is 2. The fraction of sp³-hybridized carbons (Fsp3) is 0.333. The van der Waals surface area contributed by atoms with E-state index in [1.165, 1.54) is 19.9 Å². The lowest BCUT2D eigenvalue weighted by Crippen LogP contribution is -2.16. The summed E-state index contributed by atoms with van der Waals surface area (Å²) in [6.07, 6.45) is -0.301. The van der Waals surface area contributed by atoms with Crippen LogP contribution in [0.25, 0.3) is 0 Å². The third-order valence-electron chi connectivity index (χ3n) is 2.44. The number of ketones is 1. The lowest BCUT2D eigenvalue weighted by atomic mass is 9.95. The molecule has 1 atom stereocenters. The van der Waals surface area contributed by atoms with Gasteiger partial charge in [0.05, 0.1) is 11.4 Å². The van der Waals surface area contributed by atoms with Crippen molar-refractivity contribution < 1.29 is 19.1 Å². The Morgan fingerprint density at radius 2 is 2.06 bits per heavy atom. The van der Waals surface area contributed by atoms with Crippen molar-refractivity contribution in [2.75, 3.05) is 0 Å². The van der Waals surface area contributed by atoms with Crippen molar-refractivity contribution in [2.24, 2.45) is 5.92 Å². The van der Waals surface area contributed by atoms with Gasteiger partial charge in [0.15, 0.2) is 5.78 Å². The van der Waals surface area contributed by atoms with Crippen LogP contribution in [0.2, 0.25) is 5.02 Å². The lowest BCUT2D eigenvalue weighted by molar-refractivity contribution is -0.137. The maximum Gasteiger partial charge on any atom is 0.304 e. The molecule has 1 rings (SSSR count). The first-order valence-corrected chi connectivity index (χ1v) is 5.42. The van der Waals surface area contributed by atoms with Crippen LogP contribution in [-0.4, -0.2) is 16.9 Å². The molecular formula is C12H12ClFO3. The van der Waals surface area contributed by atoms with E-state index in [4.69, 9.17) is 16.7 Å². The number of carboxylic acid groups (broad SMARTS) is 1. The van der Waals surface area contributed by atoms with E-state index in [1.807, 2.05) is 0 Å². The summed E-state index contributed by atoms with van der Waals surface area (Å²) in [5.41, 5.74) is 0.376. The highest BCUT2D eigenvalue weighted by Crippen LogP contribution is 2.24. The van der Waals surface area contributed by atoms with Crippen molar-refractivity contribution in [3.8, 4) is 0 Å². The van der Waals surface area contributed by atoms with Gasteiger partial charge in [-0.3, -0.25) is 9.59 Å². The maximum atomic E-state index is 13.3. The van der Waals surface area contributed by atoms with Crippen molar-refractivity contribution in [1.82, 2.24) is 0 Å². The third kappa shape index (κ3) is 3.27. The number of hydrogen-bond acceptors (Lipinski definition) is 2. The molecule has 0 heterocycles. The van der Waals surface area contributed by atoms with Crippen molar-refractivity contribution in [3.05, 3.63) is 34.1 Å². The van der Waals surface area contributed by atoms with Crippen molar-refractivity contribution >= 4 is 23.4 Å². The number of Topliss-reactive ketones (excluding diaryl/α,β-unsaturated/α-hetero) is 1. The van der Waals surface area contributed by atoms with E-state index in [0.29, 0.717) is 5.56 Å². The Balaban J connectivity index is 3.04. The Morgan fingerprint density at radius 3 is 2.59 bits per heavy atom. The standard InChI is InChI=1S/C12H12ClFO3/c1-6-3-9(13)8(5-10(6)14)12(17)7(2)4-11(15)16/h3,5,7H,4H2,1-2H3,(H,15,16). The van der Waals surface area contributed by atoms with Crippen LogP contribution in [0.4, 0.5) is 4.39 Å². The molecule has 1 N–H and O–H groups in total. The minimum Gasteiger partial charge on any atom is -0.481 e. The van der Waals surface area contributed by atoms with Crippen LogP contribution >= 0.6 is 11.6 Å². The summed E-state index contributed by atoms with van der Waals surface area (Å²) < 4.78 is 13.3. The minimum atomic E-state index is -1.07. The SMILES string of the molecule is Cc1cc(Cl)c(C(=O)C(C)CC(=O)O)cc1F. The molecule has 5 heteroatoms. The van der Waals surface area contributed by atoms with Gasteiger partial charge in [0.1, 0.15) is 5.82 Å². The average molecular weight is 259 g/mol. The van der Waals surface area contributed by atoms with E-state index in [1.54, 1.807) is 0 Å². The second-order valence-electron chi connectivity index (χ2n) is 3.94. The van der Waals surface area contributed by atoms with Crippen LogP contribution in [0, 0.1) is 18.7 Å². The molecule has 0 saturated heterocycles. The van der Waals surface area contributed by atoms with Gasteiger partial charge in [-0.2, -0.15) is 0 Å². The van der Waals surface area contributed by atoms with Gasteiger partial charge in [0.25, 0.3) is 0 Å². The van der Waals surface area contributed by atoms with Gasteiger partial charge in [-0.25, -0.2) is 4.39 Å². The van der Waals surface area contributed by atoms with Crippen LogP contribution < -0.4 is 0 Å². The molecule has 0 saturated carbocycles. The Labute approximate surface area is 103 Å². The van der Waals surface area contributed by atoms with E-state index >= 15 is 0 Å². The van der Waals surface area contributed by atoms with Crippen LogP contribution in [0.5, 0.6) is 0 Å². The topological polar surface area (TPSA) is 54.4 Å². The quantitative estimate of drug-likeness (QED) is 0.845. The Kier molecular flexibility index (Phi) is 4.23. The van der Waals surface area contributed by atoms with Gasteiger partial charge >= 0.3 is 5.97 Å². The number of halogens is 2. The highest BCUT2D eigenvalue weighted by Gasteiger charge is 2.21. The highest BCUT2D eigenvalue weighted by molar-refractivity contribution is 6.34. The number of aryl methyl sites for hydroxylation is 1. The molecule has 3 nitrogen and oxygen atoms in total. The lowest BCUT2D eigenvalue weighted by Gasteiger charge is -2.10. The summed E-state index contributed by atoms with van der Waals surface area (Å²) in [7, 11) is 0. The molecule has 0 aliphatic rings. The van der Waals surface area contributed by atoms with Gasteiger partial charge < -0.3 is 5.11 Å². The molecule has 0 fully saturated rings. The largest absolute Gasteiger partial charge is 0.481 e. The van der Waals surface area contributed by atoms with E-state index < -0.39 is 23.5 Å². The number of aliphatic carboxylic acids is 1. The molecule has 0 aromatic heterocycles. The number of rotatable bonds is 4. The summed E-state index contributed by atoms with van der Waals surface area (Å²) in [5, 5.41) is 8.73. The van der Waals surface area contributed by atoms with E-state index in [9.17, 15) is 14.0 Å². The predicted octanol–water partition coefficient (Wildman–Crippen LogP) is 3.08. The molecule has 0 amide bonds. The van der Waals surface area contributed by atoms with E-state index in [2.05, 4.69) is 0 Å². The summed E-state index contributed by atoms with van der Waals surface area (Å²) in [6.45, 7) is 3.01. The smallest absolute Gasteiger partial charge is 0.304 e. The van der Waals surface area contributed by atoms with Crippen LogP contribution in [-0.2, 0) is 4.79 Å². The zero-order valence-corrected chi connectivity index (χ0v) is 10.2. The van der Waals surface area contributed by atoms with Gasteiger partial charge in [-0.1, -0.05) is 18.5 Å². The number of hydrogen-bond donors (Lipinski definition) is 1. The first kappa shape index (κ1) is 13.6. The van der Waals surface area contributed by atoms with Crippen molar-refractivity contribution in [1.29, 1.82) is 0 Å². The molecular weight excluding hydrogens is 247 g/mol. The zero-order chi connectivity index (χ0) is 13.2. The first-order valence-electron chi connectivity index (χ1n) is 5.04. The molecule has 0 spiro atoms. The molecule has 1 aromatic carbocycles. The predicted molar refractivity (Wildman–Crippen MR) is 61.9 cm³/mol. The first-order chi connectivity index (χ1) is 7.82. The number of carboxylic acids is 1. The molecule has 17 heavy (non-hydrogen) atoms. The van der Waals surface area contributed by atoms with Crippen molar-refractivity contribution in [2.45, 2.75) is 20.3 Å². The normalized spacial score (nSPS) is 12.2. The zero-order valence-electron chi connectivity index (χ0n) is 9.46. The van der Waals surface area contributed by atoms with Gasteiger partial charge in [0, 0.05) is 11.5 Å². The second kappa shape index (κ2) is 5.27. The monoisotopic (exact) mass is 258 g/mol. The third-order valence-corrected chi connectivity index (χ3v) is 2.75. The number of carbonyl (C=O) groups excluding carboxylic acids is 1. The van der Waals surface area contributed by atoms with Crippen LogP contribution in [0.3, 0.4) is 0 Å². The van der Waals surface area contributed by atoms with E-state index in [-0.39, 0.29) is 17.0 Å². The number of benzene rings is 1. The summed E-state index contributed by atoms with van der Waals surface area (Å²) in [4.78, 5) is 22.3. The van der Waals surface area contributed by atoms with Gasteiger partial charge in [0.2, 0.25) is 0 Å². The molecule has 1 aromatic rings. The molecule has 92 valence electrons. The average Bonchev–Trinajstić information content (AvgIpc) is 2.21. The van der Waals surface area contributed by atoms with Gasteiger partial charge in [-0.15, -0.1) is 0 Å². The minimum absolute atomic E-state index is 0.0310. The molecule has 0 radical (unpaired) electrons. The molecule has 1 unspecified atom stereocenters. The van der Waals surface area contributed by atoms with Gasteiger partial charge in [-0.05, 0) is 24.6 Å². The molecule has 0 bridgehead atoms. The summed E-state index contributed by atoms with van der Waals surface area (Å²) in [5.74, 6) is -2.79. The Bertz CT molecular complexity index is 471. The summed E-state index contributed by atoms with van der Waals surface area (Å²) in [6, 6.07) is 2.41. The summed E-state index contributed by atoms with van der Waals surface area (Å²) >= 11 is 5.84. The Morgan fingerprint density at radius 1 is 1.47 bits per heavy atom. The molecule has 0 aliphatic carbocycles. The Hall–Kier alpha value is -1.42. The maximum absolute atomic E-state index is 13.3. The van der Waals surface area contributed by atoms with Crippen LogP contribution in [0.15, 0.2) is 12.1 Å². The fourth-order valence-corrected chi connectivity index (χ4v) is 1.77.